The van der Waals surface area contributed by atoms with Crippen LogP contribution in [0.2, 0.25) is 0 Å². The maximum atomic E-state index is 4.92. The van der Waals surface area contributed by atoms with Crippen molar-refractivity contribution in [3.63, 3.8) is 0 Å². The molecule has 0 unspecified atom stereocenters. The summed E-state index contributed by atoms with van der Waals surface area (Å²) in [7, 11) is 2.15. The van der Waals surface area contributed by atoms with Crippen LogP contribution in [-0.2, 0) is 18.0 Å². The third-order valence-corrected chi connectivity index (χ3v) is 5.74. The Morgan fingerprint density at radius 3 is 1.95 bits per heavy atom. The first kappa shape index (κ1) is 15.6. The van der Waals surface area contributed by atoms with Crippen LogP contribution in [0.5, 0.6) is 0 Å². The Hall–Kier alpha value is -0.830. The summed E-state index contributed by atoms with van der Waals surface area (Å²) in [4.78, 5) is 7.55. The highest BCUT2D eigenvalue weighted by Crippen LogP contribution is 2.52. The van der Waals surface area contributed by atoms with E-state index in [0.717, 1.165) is 5.82 Å². The molecule has 0 fully saturated rings. The fraction of sp³-hybridized carbons (Fsp3) is 0.824. The predicted molar refractivity (Wildman–Crippen MR) is 85.1 cm³/mol. The predicted octanol–water partition coefficient (Wildman–Crippen LogP) is 3.74. The molecule has 1 aromatic rings. The average molecular weight is 277 g/mol. The Morgan fingerprint density at radius 1 is 1.00 bits per heavy atom. The van der Waals surface area contributed by atoms with Crippen molar-refractivity contribution in [2.24, 2.45) is 7.05 Å². The minimum absolute atomic E-state index is 0.0471. The second-order valence-corrected chi connectivity index (χ2v) is 8.12. The van der Waals surface area contributed by atoms with Gasteiger partial charge in [-0.05, 0) is 48.5 Å². The Bertz CT molecular complexity index is 533. The topological polar surface area (TPSA) is 21.1 Å². The number of aryl methyl sites for hydroxylation is 1. The molecule has 3 nitrogen and oxygen atoms in total. The molecule has 2 rings (SSSR count). The van der Waals surface area contributed by atoms with Crippen molar-refractivity contribution in [2.45, 2.75) is 84.8 Å². The van der Waals surface area contributed by atoms with Crippen molar-refractivity contribution >= 4 is 0 Å². The van der Waals surface area contributed by atoms with Crippen molar-refractivity contribution in [3.05, 3.63) is 17.2 Å². The van der Waals surface area contributed by atoms with Gasteiger partial charge in [0.25, 0.3) is 0 Å². The number of nitrogens with zero attached hydrogens (tertiary/aromatic N) is 3. The summed E-state index contributed by atoms with van der Waals surface area (Å²) in [6.07, 6.45) is 0. The van der Waals surface area contributed by atoms with E-state index in [1.807, 2.05) is 0 Å². The normalized spacial score (nSPS) is 23.9. The maximum Gasteiger partial charge on any atom is 0.105 e. The third-order valence-electron chi connectivity index (χ3n) is 5.74. The van der Waals surface area contributed by atoms with Crippen LogP contribution in [0.15, 0.2) is 0 Å². The van der Waals surface area contributed by atoms with Gasteiger partial charge in [-0.2, -0.15) is 0 Å². The zero-order valence-electron chi connectivity index (χ0n) is 14.9. The Labute approximate surface area is 124 Å². The summed E-state index contributed by atoms with van der Waals surface area (Å²) < 4.78 is 2.29. The van der Waals surface area contributed by atoms with Crippen LogP contribution in [0.1, 0.15) is 72.6 Å². The second-order valence-electron chi connectivity index (χ2n) is 8.12. The first-order chi connectivity index (χ1) is 8.86. The van der Waals surface area contributed by atoms with Crippen molar-refractivity contribution in [1.29, 1.82) is 0 Å². The summed E-state index contributed by atoms with van der Waals surface area (Å²) in [6.45, 7) is 20.8. The Kier molecular flexibility index (Phi) is 3.18. The average Bonchev–Trinajstić information content (AvgIpc) is 2.53. The van der Waals surface area contributed by atoms with Crippen molar-refractivity contribution < 1.29 is 0 Å². The van der Waals surface area contributed by atoms with Crippen LogP contribution in [0.25, 0.3) is 0 Å². The highest BCUT2D eigenvalue weighted by molar-refractivity contribution is 5.38. The van der Waals surface area contributed by atoms with E-state index >= 15 is 0 Å². The number of fused-ring (bicyclic) bond motifs is 1. The molecular weight excluding hydrogens is 246 g/mol. The summed E-state index contributed by atoms with van der Waals surface area (Å²) >= 11 is 0. The van der Waals surface area contributed by atoms with Gasteiger partial charge in [-0.3, -0.25) is 4.90 Å². The van der Waals surface area contributed by atoms with Crippen molar-refractivity contribution in [2.75, 3.05) is 0 Å². The number of hydrogen-bond donors (Lipinski definition) is 0. The van der Waals surface area contributed by atoms with Gasteiger partial charge in [-0.1, -0.05) is 13.8 Å². The molecule has 20 heavy (non-hydrogen) atoms. The van der Waals surface area contributed by atoms with E-state index in [4.69, 9.17) is 4.98 Å². The SMILES string of the molecule is Cc1nc2c(n1C)C(C)(C)C(C)(C)N(C(C)C)C2(C)C. The van der Waals surface area contributed by atoms with Crippen LogP contribution >= 0.6 is 0 Å². The Balaban J connectivity index is 2.85. The van der Waals surface area contributed by atoms with E-state index in [-0.39, 0.29) is 16.5 Å². The van der Waals surface area contributed by atoms with Crippen molar-refractivity contribution in [3.8, 4) is 0 Å². The van der Waals surface area contributed by atoms with Crippen LogP contribution in [0.3, 0.4) is 0 Å². The fourth-order valence-electron chi connectivity index (χ4n) is 4.45. The van der Waals surface area contributed by atoms with E-state index in [9.17, 15) is 0 Å². The van der Waals surface area contributed by atoms with Gasteiger partial charge in [0.2, 0.25) is 0 Å². The first-order valence-corrected chi connectivity index (χ1v) is 7.70. The van der Waals surface area contributed by atoms with Crippen LogP contribution in [0.4, 0.5) is 0 Å². The Morgan fingerprint density at radius 2 is 1.50 bits per heavy atom. The molecule has 2 heterocycles. The van der Waals surface area contributed by atoms with Gasteiger partial charge in [-0.25, -0.2) is 4.98 Å². The fourth-order valence-corrected chi connectivity index (χ4v) is 4.45. The second kappa shape index (κ2) is 4.09. The molecule has 1 aliphatic heterocycles. The van der Waals surface area contributed by atoms with E-state index in [2.05, 4.69) is 78.8 Å². The quantitative estimate of drug-likeness (QED) is 0.779. The van der Waals surface area contributed by atoms with Crippen molar-refractivity contribution in [1.82, 2.24) is 14.5 Å². The lowest BCUT2D eigenvalue weighted by Crippen LogP contribution is -2.68. The van der Waals surface area contributed by atoms with E-state index in [0.29, 0.717) is 6.04 Å². The summed E-state index contributed by atoms with van der Waals surface area (Å²) in [5.74, 6) is 1.11. The minimum Gasteiger partial charge on any atom is -0.334 e. The lowest BCUT2D eigenvalue weighted by atomic mass is 9.63. The molecule has 0 atom stereocenters. The van der Waals surface area contributed by atoms with Gasteiger partial charge in [0.05, 0.1) is 11.2 Å². The highest BCUT2D eigenvalue weighted by atomic mass is 15.3. The largest absolute Gasteiger partial charge is 0.334 e. The monoisotopic (exact) mass is 277 g/mol. The third kappa shape index (κ3) is 1.65. The molecule has 0 spiro atoms. The van der Waals surface area contributed by atoms with Crippen LogP contribution in [-0.4, -0.2) is 26.0 Å². The highest BCUT2D eigenvalue weighted by Gasteiger charge is 2.57. The van der Waals surface area contributed by atoms with Gasteiger partial charge >= 0.3 is 0 Å². The molecular formula is C17H31N3. The molecule has 0 amide bonds. The van der Waals surface area contributed by atoms with E-state index in [1.165, 1.54) is 11.4 Å². The molecule has 0 saturated heterocycles. The molecule has 1 aromatic heterocycles. The van der Waals surface area contributed by atoms with Gasteiger partial charge in [-0.15, -0.1) is 0 Å². The molecule has 1 aliphatic rings. The van der Waals surface area contributed by atoms with Crippen LogP contribution in [0, 0.1) is 6.92 Å². The lowest BCUT2D eigenvalue weighted by Gasteiger charge is -2.61. The van der Waals surface area contributed by atoms with Gasteiger partial charge < -0.3 is 4.57 Å². The van der Waals surface area contributed by atoms with Crippen LogP contribution < -0.4 is 0 Å². The molecule has 0 radical (unpaired) electrons. The molecule has 0 aromatic carbocycles. The summed E-state index contributed by atoms with van der Waals surface area (Å²) in [5, 5.41) is 0. The molecule has 0 bridgehead atoms. The van der Waals surface area contributed by atoms with Gasteiger partial charge in [0.1, 0.15) is 5.82 Å². The van der Waals surface area contributed by atoms with E-state index < -0.39 is 0 Å². The maximum absolute atomic E-state index is 4.92. The lowest BCUT2D eigenvalue weighted by molar-refractivity contribution is -0.0733. The molecule has 114 valence electrons. The number of rotatable bonds is 1. The molecule has 0 aliphatic carbocycles. The zero-order valence-corrected chi connectivity index (χ0v) is 14.9. The summed E-state index contributed by atoms with van der Waals surface area (Å²) in [6, 6.07) is 0.481. The first-order valence-electron chi connectivity index (χ1n) is 7.70. The smallest absolute Gasteiger partial charge is 0.105 e. The van der Waals surface area contributed by atoms with Gasteiger partial charge in [0, 0.05) is 29.7 Å². The number of imidazole rings is 1. The number of aromatic nitrogens is 2. The summed E-state index contributed by atoms with van der Waals surface area (Å²) in [5.41, 5.74) is 2.71. The molecule has 0 saturated carbocycles. The number of hydrogen-bond acceptors (Lipinski definition) is 2. The standard InChI is InChI=1S/C17H31N3/c1-11(2)20-16(6,7)13-14(19(10)12(3)18-13)15(4,5)17(20,8)9/h11H,1-10H3. The van der Waals surface area contributed by atoms with Gasteiger partial charge in [0.15, 0.2) is 0 Å². The zero-order chi connectivity index (χ0) is 15.7. The molecule has 3 heteroatoms. The van der Waals surface area contributed by atoms with E-state index in [1.54, 1.807) is 0 Å². The minimum atomic E-state index is -0.0471. The molecule has 0 N–H and O–H groups in total.